The first-order valence-corrected chi connectivity index (χ1v) is 7.20. The summed E-state index contributed by atoms with van der Waals surface area (Å²) in [6.45, 7) is 5.48. The third-order valence-electron chi connectivity index (χ3n) is 3.08. The molecule has 2 aromatic rings. The summed E-state index contributed by atoms with van der Waals surface area (Å²) in [6.07, 6.45) is 0.898. The molecular weight excluding hydrogens is 264 g/mol. The highest BCUT2D eigenvalue weighted by Gasteiger charge is 2.11. The Labute approximate surface area is 125 Å². The lowest BCUT2D eigenvalue weighted by Crippen LogP contribution is -2.25. The minimum absolute atomic E-state index is 0.182. The van der Waals surface area contributed by atoms with E-state index in [-0.39, 0.29) is 5.91 Å². The van der Waals surface area contributed by atoms with Crippen LogP contribution in [0.2, 0.25) is 0 Å². The van der Waals surface area contributed by atoms with Crippen LogP contribution in [0.3, 0.4) is 0 Å². The molecule has 0 spiro atoms. The lowest BCUT2D eigenvalue weighted by Gasteiger charge is -2.21. The number of carbonyl (C=O) groups is 1. The Morgan fingerprint density at radius 2 is 1.86 bits per heavy atom. The van der Waals surface area contributed by atoms with E-state index in [0.29, 0.717) is 12.2 Å². The van der Waals surface area contributed by atoms with Crippen molar-refractivity contribution in [2.45, 2.75) is 20.3 Å². The number of para-hydroxylation sites is 1. The van der Waals surface area contributed by atoms with Crippen LogP contribution < -0.4 is 10.2 Å². The van der Waals surface area contributed by atoms with Gasteiger partial charge in [-0.3, -0.25) is 4.79 Å². The maximum Gasteiger partial charge on any atom is 0.271 e. The molecule has 1 N–H and O–H groups in total. The molecule has 1 heterocycles. The molecule has 1 aromatic carbocycles. The van der Waals surface area contributed by atoms with E-state index >= 15 is 0 Å². The van der Waals surface area contributed by atoms with E-state index in [0.717, 1.165) is 24.5 Å². The molecule has 0 saturated carbocycles. The molecule has 0 aliphatic heterocycles. The summed E-state index contributed by atoms with van der Waals surface area (Å²) < 4.78 is 0. The molecule has 0 fully saturated rings. The minimum atomic E-state index is -0.182. The van der Waals surface area contributed by atoms with Crippen LogP contribution in [0.4, 0.5) is 11.5 Å². The zero-order valence-electron chi connectivity index (χ0n) is 12.4. The van der Waals surface area contributed by atoms with E-state index in [2.05, 4.69) is 22.4 Å². The molecule has 0 aliphatic carbocycles. The minimum Gasteiger partial charge on any atom is -0.351 e. The molecule has 0 bridgehead atoms. The van der Waals surface area contributed by atoms with Crippen LogP contribution >= 0.6 is 0 Å². The van der Waals surface area contributed by atoms with Crippen molar-refractivity contribution in [1.29, 1.82) is 0 Å². The number of aromatic nitrogens is 2. The maximum absolute atomic E-state index is 11.8. The van der Waals surface area contributed by atoms with Crippen molar-refractivity contribution < 1.29 is 4.79 Å². The number of hydrogen-bond donors (Lipinski definition) is 1. The summed E-state index contributed by atoms with van der Waals surface area (Å²) in [7, 11) is 0. The average molecular weight is 284 g/mol. The summed E-state index contributed by atoms with van der Waals surface area (Å²) in [5, 5.41) is 11.0. The van der Waals surface area contributed by atoms with Gasteiger partial charge in [-0.1, -0.05) is 25.1 Å². The highest BCUT2D eigenvalue weighted by atomic mass is 16.1. The van der Waals surface area contributed by atoms with Gasteiger partial charge in [0.25, 0.3) is 5.91 Å². The van der Waals surface area contributed by atoms with Crippen molar-refractivity contribution in [3.8, 4) is 0 Å². The third kappa shape index (κ3) is 3.78. The standard InChI is InChI=1S/C16H20N4O/c1-3-12-17-16(21)14-10-11-15(19-18-14)20(4-2)13-8-6-5-7-9-13/h5-11H,3-4,12H2,1-2H3,(H,17,21). The van der Waals surface area contributed by atoms with E-state index in [1.54, 1.807) is 6.07 Å². The number of benzene rings is 1. The number of nitrogens with one attached hydrogen (secondary N) is 1. The van der Waals surface area contributed by atoms with Crippen LogP contribution in [0.15, 0.2) is 42.5 Å². The number of amides is 1. The molecule has 1 aromatic heterocycles. The number of anilines is 2. The van der Waals surface area contributed by atoms with E-state index in [4.69, 9.17) is 0 Å². The maximum atomic E-state index is 11.8. The first-order chi connectivity index (χ1) is 10.3. The molecule has 0 saturated heterocycles. The zero-order valence-corrected chi connectivity index (χ0v) is 12.4. The van der Waals surface area contributed by atoms with Crippen molar-refractivity contribution in [1.82, 2.24) is 15.5 Å². The summed E-state index contributed by atoms with van der Waals surface area (Å²) in [4.78, 5) is 13.8. The molecule has 0 aliphatic rings. The first kappa shape index (κ1) is 15.0. The Morgan fingerprint density at radius 3 is 2.43 bits per heavy atom. The van der Waals surface area contributed by atoms with Crippen molar-refractivity contribution in [2.24, 2.45) is 0 Å². The van der Waals surface area contributed by atoms with Gasteiger partial charge in [0.15, 0.2) is 11.5 Å². The monoisotopic (exact) mass is 284 g/mol. The first-order valence-electron chi connectivity index (χ1n) is 7.20. The van der Waals surface area contributed by atoms with Gasteiger partial charge in [-0.2, -0.15) is 0 Å². The lowest BCUT2D eigenvalue weighted by atomic mass is 10.2. The molecule has 0 radical (unpaired) electrons. The quantitative estimate of drug-likeness (QED) is 0.886. The molecule has 5 nitrogen and oxygen atoms in total. The molecule has 0 atom stereocenters. The van der Waals surface area contributed by atoms with E-state index in [1.165, 1.54) is 0 Å². The molecule has 1 amide bonds. The van der Waals surface area contributed by atoms with Gasteiger partial charge in [0.05, 0.1) is 0 Å². The van der Waals surface area contributed by atoms with Gasteiger partial charge in [-0.05, 0) is 37.6 Å². The summed E-state index contributed by atoms with van der Waals surface area (Å²) >= 11 is 0. The Hall–Kier alpha value is -2.43. The number of carbonyl (C=O) groups excluding carboxylic acids is 1. The van der Waals surface area contributed by atoms with E-state index in [1.807, 2.05) is 48.2 Å². The highest BCUT2D eigenvalue weighted by molar-refractivity contribution is 5.92. The van der Waals surface area contributed by atoms with Crippen molar-refractivity contribution in [2.75, 3.05) is 18.0 Å². The van der Waals surface area contributed by atoms with Crippen LogP contribution in [-0.4, -0.2) is 29.2 Å². The molecule has 2 rings (SSSR count). The Bertz CT molecular complexity index is 569. The Morgan fingerprint density at radius 1 is 1.10 bits per heavy atom. The smallest absolute Gasteiger partial charge is 0.271 e. The van der Waals surface area contributed by atoms with Crippen LogP contribution in [0, 0.1) is 0 Å². The van der Waals surface area contributed by atoms with Gasteiger partial charge in [0.1, 0.15) is 0 Å². The predicted octanol–water partition coefficient (Wildman–Crippen LogP) is 2.77. The van der Waals surface area contributed by atoms with Gasteiger partial charge in [0, 0.05) is 18.8 Å². The summed E-state index contributed by atoms with van der Waals surface area (Å²) in [5.41, 5.74) is 1.40. The predicted molar refractivity (Wildman–Crippen MR) is 83.8 cm³/mol. The molecule has 110 valence electrons. The number of rotatable bonds is 6. The fourth-order valence-corrected chi connectivity index (χ4v) is 2.00. The van der Waals surface area contributed by atoms with Crippen LogP contribution in [0.1, 0.15) is 30.8 Å². The highest BCUT2D eigenvalue weighted by Crippen LogP contribution is 2.21. The molecular formula is C16H20N4O. The largest absolute Gasteiger partial charge is 0.351 e. The fraction of sp³-hybridized carbons (Fsp3) is 0.312. The lowest BCUT2D eigenvalue weighted by molar-refractivity contribution is 0.0947. The van der Waals surface area contributed by atoms with Crippen LogP contribution in [0.5, 0.6) is 0 Å². The normalized spacial score (nSPS) is 10.2. The van der Waals surface area contributed by atoms with Gasteiger partial charge in [-0.25, -0.2) is 0 Å². The fourth-order valence-electron chi connectivity index (χ4n) is 2.00. The summed E-state index contributed by atoms with van der Waals surface area (Å²) in [5.74, 6) is 0.550. The van der Waals surface area contributed by atoms with Gasteiger partial charge in [-0.15, -0.1) is 10.2 Å². The van der Waals surface area contributed by atoms with Gasteiger partial charge in [0.2, 0.25) is 0 Å². The molecule has 5 heteroatoms. The van der Waals surface area contributed by atoms with Crippen molar-refractivity contribution in [3.63, 3.8) is 0 Å². The topological polar surface area (TPSA) is 58.1 Å². The van der Waals surface area contributed by atoms with Crippen molar-refractivity contribution in [3.05, 3.63) is 48.2 Å². The van der Waals surface area contributed by atoms with Crippen LogP contribution in [-0.2, 0) is 0 Å². The SMILES string of the molecule is CCCNC(=O)c1ccc(N(CC)c2ccccc2)nn1. The Kier molecular flexibility index (Phi) is 5.26. The van der Waals surface area contributed by atoms with Crippen molar-refractivity contribution >= 4 is 17.4 Å². The van der Waals surface area contributed by atoms with Gasteiger partial charge >= 0.3 is 0 Å². The molecule has 0 unspecified atom stereocenters. The zero-order chi connectivity index (χ0) is 15.1. The second-order valence-corrected chi connectivity index (χ2v) is 4.61. The van der Waals surface area contributed by atoms with Crippen LogP contribution in [0.25, 0.3) is 0 Å². The van der Waals surface area contributed by atoms with E-state index < -0.39 is 0 Å². The van der Waals surface area contributed by atoms with Gasteiger partial charge < -0.3 is 10.2 Å². The second kappa shape index (κ2) is 7.38. The second-order valence-electron chi connectivity index (χ2n) is 4.61. The molecule has 21 heavy (non-hydrogen) atoms. The third-order valence-corrected chi connectivity index (χ3v) is 3.08. The average Bonchev–Trinajstić information content (AvgIpc) is 2.55. The Balaban J connectivity index is 2.15. The van der Waals surface area contributed by atoms with E-state index in [9.17, 15) is 4.79 Å². The summed E-state index contributed by atoms with van der Waals surface area (Å²) in [6, 6.07) is 13.5. The number of nitrogens with zero attached hydrogens (tertiary/aromatic N) is 3. The number of hydrogen-bond acceptors (Lipinski definition) is 4.